The van der Waals surface area contributed by atoms with Gasteiger partial charge in [-0.25, -0.2) is 4.39 Å². The number of ether oxygens (including phenoxy) is 2. The molecule has 0 radical (unpaired) electrons. The van der Waals surface area contributed by atoms with Gasteiger partial charge in [-0.05, 0) is 18.2 Å². The van der Waals surface area contributed by atoms with Gasteiger partial charge in [-0.3, -0.25) is 4.79 Å². The lowest BCUT2D eigenvalue weighted by Crippen LogP contribution is -2.18. The predicted molar refractivity (Wildman–Crippen MR) is 94.8 cm³/mol. The Morgan fingerprint density at radius 2 is 1.90 bits per heavy atom. The van der Waals surface area contributed by atoms with Crippen molar-refractivity contribution < 1.29 is 31.8 Å². The number of anilines is 1. The van der Waals surface area contributed by atoms with E-state index in [0.29, 0.717) is 6.07 Å². The normalized spacial score (nSPS) is 10.8. The number of benzene rings is 1. The molecule has 0 aliphatic carbocycles. The van der Waals surface area contributed by atoms with E-state index < -0.39 is 35.0 Å². The average molecular weight is 434 g/mol. The van der Waals surface area contributed by atoms with Crippen molar-refractivity contribution in [3.8, 4) is 23.4 Å². The fraction of sp³-hybridized carbons (Fsp3) is 0.111. The summed E-state index contributed by atoms with van der Waals surface area (Å²) in [7, 11) is 1.22. The summed E-state index contributed by atoms with van der Waals surface area (Å²) in [6.07, 6.45) is -3.80. The van der Waals surface area contributed by atoms with Gasteiger partial charge in [0, 0.05) is 12.1 Å². The molecule has 13 heteroatoms. The van der Waals surface area contributed by atoms with Gasteiger partial charge in [0.15, 0.2) is 22.9 Å². The molecule has 2 heterocycles. The lowest BCUT2D eigenvalue weighted by atomic mass is 10.2. The van der Waals surface area contributed by atoms with Crippen LogP contribution in [0.25, 0.3) is 0 Å². The number of aromatic nitrogens is 4. The molecule has 3 aromatic rings. The minimum Gasteiger partial charge on any atom is -0.493 e. The maximum absolute atomic E-state index is 13.4. The van der Waals surface area contributed by atoms with E-state index in [2.05, 4.69) is 25.7 Å². The van der Waals surface area contributed by atoms with Crippen LogP contribution in [0.1, 0.15) is 21.7 Å². The highest BCUT2D eigenvalue weighted by Crippen LogP contribution is 2.34. The van der Waals surface area contributed by atoms with Gasteiger partial charge in [0.05, 0.1) is 19.0 Å². The van der Waals surface area contributed by atoms with Crippen LogP contribution in [0.3, 0.4) is 0 Å². The molecule has 1 aromatic carbocycles. The first-order chi connectivity index (χ1) is 14.7. The van der Waals surface area contributed by atoms with E-state index in [1.807, 2.05) is 0 Å². The number of hydrogen-bond acceptors (Lipinski definition) is 8. The molecular formula is C18H10F4N6O3. The summed E-state index contributed by atoms with van der Waals surface area (Å²) < 4.78 is 63.0. The first-order valence-corrected chi connectivity index (χ1v) is 8.21. The molecule has 0 atom stereocenters. The molecule has 0 fully saturated rings. The largest absolute Gasteiger partial charge is 0.493 e. The standard InChI is InChI=1S/C18H10F4N6O3/c1-30-14-4-9(19)2-3-13(14)31-17-12(6-15(27-28-17)18(20,21)22)16(29)25-11-5-10(7-23)26-24-8-11/h2-6,8H,1H3,(H,25,26,29). The zero-order chi connectivity index (χ0) is 22.6. The molecule has 158 valence electrons. The topological polar surface area (TPSA) is 123 Å². The van der Waals surface area contributed by atoms with Gasteiger partial charge < -0.3 is 14.8 Å². The van der Waals surface area contributed by atoms with Crippen LogP contribution in [-0.2, 0) is 6.18 Å². The number of hydrogen-bond donors (Lipinski definition) is 1. The Labute approximate surface area is 171 Å². The monoisotopic (exact) mass is 434 g/mol. The van der Waals surface area contributed by atoms with E-state index in [1.54, 1.807) is 6.07 Å². The maximum Gasteiger partial charge on any atom is 0.435 e. The number of methoxy groups -OCH3 is 1. The van der Waals surface area contributed by atoms with Crippen molar-refractivity contribution >= 4 is 11.6 Å². The first kappa shape index (κ1) is 21.4. The lowest BCUT2D eigenvalue weighted by Gasteiger charge is -2.14. The molecule has 0 unspecified atom stereocenters. The van der Waals surface area contributed by atoms with Crippen molar-refractivity contribution in [2.45, 2.75) is 6.18 Å². The van der Waals surface area contributed by atoms with Crippen LogP contribution < -0.4 is 14.8 Å². The van der Waals surface area contributed by atoms with Crippen molar-refractivity contribution in [3.05, 3.63) is 59.3 Å². The second kappa shape index (κ2) is 8.57. The number of carbonyl (C=O) groups is 1. The third-order valence-electron chi connectivity index (χ3n) is 3.65. The second-order valence-electron chi connectivity index (χ2n) is 5.74. The van der Waals surface area contributed by atoms with E-state index >= 15 is 0 Å². The molecule has 0 bridgehead atoms. The molecule has 1 amide bonds. The van der Waals surface area contributed by atoms with Crippen molar-refractivity contribution in [3.63, 3.8) is 0 Å². The van der Waals surface area contributed by atoms with E-state index in [9.17, 15) is 22.4 Å². The Balaban J connectivity index is 2.02. The van der Waals surface area contributed by atoms with Crippen LogP contribution in [0.5, 0.6) is 17.4 Å². The highest BCUT2D eigenvalue weighted by molar-refractivity contribution is 6.05. The zero-order valence-electron chi connectivity index (χ0n) is 15.4. The number of nitriles is 1. The Morgan fingerprint density at radius 3 is 2.58 bits per heavy atom. The summed E-state index contributed by atoms with van der Waals surface area (Å²) >= 11 is 0. The first-order valence-electron chi connectivity index (χ1n) is 8.21. The van der Waals surface area contributed by atoms with Crippen molar-refractivity contribution in [2.75, 3.05) is 12.4 Å². The Morgan fingerprint density at radius 1 is 1.13 bits per heavy atom. The summed E-state index contributed by atoms with van der Waals surface area (Å²) in [6.45, 7) is 0. The third-order valence-corrected chi connectivity index (χ3v) is 3.65. The van der Waals surface area contributed by atoms with Crippen LogP contribution in [-0.4, -0.2) is 33.4 Å². The Bertz CT molecular complexity index is 1180. The molecule has 0 saturated carbocycles. The van der Waals surface area contributed by atoms with Gasteiger partial charge in [-0.2, -0.15) is 23.5 Å². The Hall–Kier alpha value is -4.34. The van der Waals surface area contributed by atoms with Gasteiger partial charge in [0.1, 0.15) is 17.4 Å². The minimum atomic E-state index is -4.89. The summed E-state index contributed by atoms with van der Waals surface area (Å²) in [5.74, 6) is -2.53. The van der Waals surface area contributed by atoms with Crippen molar-refractivity contribution in [2.24, 2.45) is 0 Å². The van der Waals surface area contributed by atoms with Gasteiger partial charge in [0.2, 0.25) is 0 Å². The second-order valence-corrected chi connectivity index (χ2v) is 5.74. The summed E-state index contributed by atoms with van der Waals surface area (Å²) in [5, 5.41) is 24.5. The van der Waals surface area contributed by atoms with Crippen LogP contribution in [0, 0.1) is 17.1 Å². The molecular weight excluding hydrogens is 424 g/mol. The summed E-state index contributed by atoms with van der Waals surface area (Å²) in [6, 6.07) is 6.43. The van der Waals surface area contributed by atoms with Crippen LogP contribution >= 0.6 is 0 Å². The van der Waals surface area contributed by atoms with E-state index in [4.69, 9.17) is 14.7 Å². The average Bonchev–Trinajstić information content (AvgIpc) is 2.74. The smallest absolute Gasteiger partial charge is 0.435 e. The van der Waals surface area contributed by atoms with Gasteiger partial charge in [-0.15, -0.1) is 15.3 Å². The fourth-order valence-electron chi connectivity index (χ4n) is 2.28. The number of nitrogens with zero attached hydrogens (tertiary/aromatic N) is 5. The number of halogens is 4. The molecule has 1 N–H and O–H groups in total. The highest BCUT2D eigenvalue weighted by atomic mass is 19.4. The van der Waals surface area contributed by atoms with Crippen molar-refractivity contribution in [1.82, 2.24) is 20.4 Å². The molecule has 0 spiro atoms. The molecule has 3 rings (SSSR count). The van der Waals surface area contributed by atoms with Crippen molar-refractivity contribution in [1.29, 1.82) is 5.26 Å². The quantitative estimate of drug-likeness (QED) is 0.607. The van der Waals surface area contributed by atoms with E-state index in [-0.39, 0.29) is 22.9 Å². The maximum atomic E-state index is 13.4. The number of nitrogens with one attached hydrogen (secondary N) is 1. The molecule has 0 aliphatic heterocycles. The number of carbonyl (C=O) groups excluding carboxylic acids is 1. The number of alkyl halides is 3. The van der Waals surface area contributed by atoms with Gasteiger partial charge >= 0.3 is 6.18 Å². The van der Waals surface area contributed by atoms with Crippen LogP contribution in [0.4, 0.5) is 23.2 Å². The lowest BCUT2D eigenvalue weighted by molar-refractivity contribution is -0.141. The highest BCUT2D eigenvalue weighted by Gasteiger charge is 2.35. The molecule has 2 aromatic heterocycles. The molecule has 0 saturated heterocycles. The Kier molecular flexibility index (Phi) is 5.91. The van der Waals surface area contributed by atoms with Gasteiger partial charge in [-0.1, -0.05) is 0 Å². The van der Waals surface area contributed by atoms with E-state index in [0.717, 1.165) is 30.5 Å². The zero-order valence-corrected chi connectivity index (χ0v) is 15.4. The fourth-order valence-corrected chi connectivity index (χ4v) is 2.28. The number of amides is 1. The summed E-state index contributed by atoms with van der Waals surface area (Å²) in [4.78, 5) is 12.7. The predicted octanol–water partition coefficient (Wildman–Crippen LogP) is 3.35. The van der Waals surface area contributed by atoms with Gasteiger partial charge in [0.25, 0.3) is 11.8 Å². The molecule has 0 aliphatic rings. The SMILES string of the molecule is COc1cc(F)ccc1Oc1nnc(C(F)(F)F)cc1C(=O)Nc1cnnc(C#N)c1. The van der Waals surface area contributed by atoms with E-state index in [1.165, 1.54) is 7.11 Å². The minimum absolute atomic E-state index is 0.00719. The van der Waals surface area contributed by atoms with Crippen LogP contribution in [0.15, 0.2) is 36.5 Å². The molecule has 9 nitrogen and oxygen atoms in total. The third kappa shape index (κ3) is 4.99. The summed E-state index contributed by atoms with van der Waals surface area (Å²) in [5.41, 5.74) is -2.22. The van der Waals surface area contributed by atoms with Crippen LogP contribution in [0.2, 0.25) is 0 Å². The number of rotatable bonds is 5. The molecule has 31 heavy (non-hydrogen) atoms.